The predicted molar refractivity (Wildman–Crippen MR) is 128 cm³/mol. The highest BCUT2D eigenvalue weighted by atomic mass is 32.2. The minimum absolute atomic E-state index is 0.000400. The van der Waals surface area contributed by atoms with E-state index in [1.807, 2.05) is 30.3 Å². The number of nitrogens with one attached hydrogen (secondary N) is 2. The minimum Gasteiger partial charge on any atom is -0.481 e. The Bertz CT molecular complexity index is 1190. The monoisotopic (exact) mass is 463 g/mol. The van der Waals surface area contributed by atoms with Crippen molar-refractivity contribution in [3.8, 4) is 5.88 Å². The predicted octanol–water partition coefficient (Wildman–Crippen LogP) is 3.43. The Morgan fingerprint density at radius 3 is 3.03 bits per heavy atom. The first-order valence-corrected chi connectivity index (χ1v) is 11.9. The second kappa shape index (κ2) is 9.86. The number of pyridine rings is 3. The minimum atomic E-state index is -0.000400. The molecule has 1 fully saturated rings. The Labute approximate surface area is 196 Å². The zero-order chi connectivity index (χ0) is 22.6. The van der Waals surface area contributed by atoms with Crippen molar-refractivity contribution in [2.24, 2.45) is 0 Å². The van der Waals surface area contributed by atoms with E-state index in [1.165, 1.54) is 11.8 Å². The number of carbonyl (C=O) groups is 1. The van der Waals surface area contributed by atoms with Crippen LogP contribution in [0.15, 0.2) is 47.5 Å². The maximum atomic E-state index is 11.6. The van der Waals surface area contributed by atoms with Gasteiger partial charge in [0.05, 0.1) is 47.2 Å². The molecular formula is C24H25N5O3S. The van der Waals surface area contributed by atoms with Crippen LogP contribution in [0.4, 0.5) is 5.82 Å². The van der Waals surface area contributed by atoms with Crippen molar-refractivity contribution in [2.75, 3.05) is 24.8 Å². The van der Waals surface area contributed by atoms with E-state index in [4.69, 9.17) is 9.47 Å². The number of hydrogen-bond acceptors (Lipinski definition) is 8. The molecule has 0 aromatic carbocycles. The van der Waals surface area contributed by atoms with Crippen molar-refractivity contribution in [3.63, 3.8) is 0 Å². The summed E-state index contributed by atoms with van der Waals surface area (Å²) in [5.41, 5.74) is 3.55. The van der Waals surface area contributed by atoms with Crippen molar-refractivity contribution in [1.29, 1.82) is 0 Å². The standard InChI is InChI=1S/C24H25N5O3S/c1-31-22-9-7-19-23(29-22)15(10-11-25-19)2-5-18-6-3-17(13-32-18)26-12-16-4-8-20-24(27-16)28-21(30)14-33-20/h2,4-5,7-11,17-18,26H,3,6,12-14H2,1H3,(H,27,28,30)/b5-2+/t17-,18-/m1/s1. The Kier molecular flexibility index (Phi) is 6.52. The lowest BCUT2D eigenvalue weighted by Crippen LogP contribution is -2.39. The molecule has 33 heavy (non-hydrogen) atoms. The molecule has 5 heterocycles. The second-order valence-electron chi connectivity index (χ2n) is 7.99. The van der Waals surface area contributed by atoms with E-state index in [0.29, 0.717) is 30.6 Å². The third kappa shape index (κ3) is 5.16. The number of thioether (sulfide) groups is 1. The summed E-state index contributed by atoms with van der Waals surface area (Å²) in [6, 6.07) is 9.97. The van der Waals surface area contributed by atoms with Gasteiger partial charge in [0.25, 0.3) is 0 Å². The third-order valence-corrected chi connectivity index (χ3v) is 6.75. The largest absolute Gasteiger partial charge is 0.481 e. The zero-order valence-corrected chi connectivity index (χ0v) is 19.1. The molecule has 0 radical (unpaired) electrons. The van der Waals surface area contributed by atoms with Crippen LogP contribution in [0.2, 0.25) is 0 Å². The molecule has 0 bridgehead atoms. The molecule has 2 aliphatic heterocycles. The number of methoxy groups -OCH3 is 1. The summed E-state index contributed by atoms with van der Waals surface area (Å²) in [6.07, 6.45) is 7.94. The van der Waals surface area contributed by atoms with Crippen LogP contribution in [0.1, 0.15) is 24.1 Å². The number of nitrogens with zero attached hydrogens (tertiary/aromatic N) is 3. The summed E-state index contributed by atoms with van der Waals surface area (Å²) in [6.45, 7) is 1.27. The first-order chi connectivity index (χ1) is 16.2. The quantitative estimate of drug-likeness (QED) is 0.574. The molecule has 0 saturated carbocycles. The van der Waals surface area contributed by atoms with Crippen molar-refractivity contribution in [3.05, 3.63) is 53.9 Å². The summed E-state index contributed by atoms with van der Waals surface area (Å²) < 4.78 is 11.3. The molecule has 0 spiro atoms. The molecule has 2 aliphatic rings. The van der Waals surface area contributed by atoms with Gasteiger partial charge in [0.2, 0.25) is 11.8 Å². The summed E-state index contributed by atoms with van der Waals surface area (Å²) >= 11 is 1.52. The highest BCUT2D eigenvalue weighted by Gasteiger charge is 2.21. The average molecular weight is 464 g/mol. The van der Waals surface area contributed by atoms with Crippen molar-refractivity contribution in [2.45, 2.75) is 36.4 Å². The van der Waals surface area contributed by atoms with E-state index < -0.39 is 0 Å². The number of ether oxygens (including phenoxy) is 2. The molecule has 1 amide bonds. The van der Waals surface area contributed by atoms with Crippen molar-refractivity contribution in [1.82, 2.24) is 20.3 Å². The zero-order valence-electron chi connectivity index (χ0n) is 18.3. The van der Waals surface area contributed by atoms with E-state index in [9.17, 15) is 4.79 Å². The van der Waals surface area contributed by atoms with Crippen LogP contribution < -0.4 is 15.4 Å². The number of anilines is 1. The Hall–Kier alpha value is -3.01. The lowest BCUT2D eigenvalue weighted by Gasteiger charge is -2.28. The number of amides is 1. The van der Waals surface area contributed by atoms with Crippen LogP contribution in [0, 0.1) is 0 Å². The van der Waals surface area contributed by atoms with Gasteiger partial charge in [-0.25, -0.2) is 9.97 Å². The Morgan fingerprint density at radius 1 is 1.24 bits per heavy atom. The van der Waals surface area contributed by atoms with Gasteiger partial charge in [-0.2, -0.15) is 0 Å². The van der Waals surface area contributed by atoms with E-state index in [0.717, 1.165) is 40.0 Å². The van der Waals surface area contributed by atoms with Gasteiger partial charge in [-0.3, -0.25) is 9.78 Å². The molecular weight excluding hydrogens is 438 g/mol. The van der Waals surface area contributed by atoms with Crippen LogP contribution in [-0.4, -0.2) is 52.5 Å². The average Bonchev–Trinajstić information content (AvgIpc) is 2.86. The number of fused-ring (bicyclic) bond motifs is 2. The summed E-state index contributed by atoms with van der Waals surface area (Å²) in [5, 5.41) is 6.37. The van der Waals surface area contributed by atoms with Gasteiger partial charge in [0.15, 0.2) is 0 Å². The highest BCUT2D eigenvalue weighted by molar-refractivity contribution is 8.00. The van der Waals surface area contributed by atoms with E-state index in [-0.39, 0.29) is 18.1 Å². The molecule has 2 N–H and O–H groups in total. The van der Waals surface area contributed by atoms with Crippen molar-refractivity contribution < 1.29 is 14.3 Å². The fourth-order valence-electron chi connectivity index (χ4n) is 3.92. The fourth-order valence-corrected chi connectivity index (χ4v) is 4.68. The van der Waals surface area contributed by atoms with Gasteiger partial charge >= 0.3 is 0 Å². The molecule has 1 saturated heterocycles. The smallest absolute Gasteiger partial charge is 0.235 e. The molecule has 2 atom stereocenters. The van der Waals surface area contributed by atoms with Crippen molar-refractivity contribution >= 4 is 40.6 Å². The van der Waals surface area contributed by atoms with Crippen LogP contribution in [0.5, 0.6) is 5.88 Å². The molecule has 0 unspecified atom stereocenters. The van der Waals surface area contributed by atoms with E-state index in [1.54, 1.807) is 13.3 Å². The maximum Gasteiger partial charge on any atom is 0.235 e. The first-order valence-electron chi connectivity index (χ1n) is 10.9. The normalized spacial score (nSPS) is 20.6. The SMILES string of the molecule is COc1ccc2nccc(/C=C/[C@@H]3CC[C@@H](NCc4ccc5c(n4)NC(=O)CS5)CO3)c2n1. The highest BCUT2D eigenvalue weighted by Crippen LogP contribution is 2.29. The number of carbonyl (C=O) groups excluding carboxylic acids is 1. The van der Waals surface area contributed by atoms with Gasteiger partial charge in [-0.1, -0.05) is 12.2 Å². The maximum absolute atomic E-state index is 11.6. The van der Waals surface area contributed by atoms with Gasteiger partial charge < -0.3 is 20.1 Å². The second-order valence-corrected chi connectivity index (χ2v) is 9.01. The molecule has 9 heteroatoms. The van der Waals surface area contributed by atoms with Gasteiger partial charge in [0.1, 0.15) is 5.82 Å². The summed E-state index contributed by atoms with van der Waals surface area (Å²) in [4.78, 5) is 26.1. The molecule has 3 aromatic heterocycles. The molecule has 3 aromatic rings. The van der Waals surface area contributed by atoms with Crippen LogP contribution in [0.25, 0.3) is 17.1 Å². The Morgan fingerprint density at radius 2 is 2.18 bits per heavy atom. The topological polar surface area (TPSA) is 98.3 Å². The van der Waals surface area contributed by atoms with Gasteiger partial charge in [-0.05, 0) is 37.1 Å². The van der Waals surface area contributed by atoms with E-state index in [2.05, 4.69) is 37.7 Å². The Balaban J connectivity index is 1.15. The van der Waals surface area contributed by atoms with Gasteiger partial charge in [0, 0.05) is 30.4 Å². The fraction of sp³-hybridized carbons (Fsp3) is 0.333. The molecule has 0 aliphatic carbocycles. The number of aromatic nitrogens is 3. The number of hydrogen-bond donors (Lipinski definition) is 2. The van der Waals surface area contributed by atoms with Crippen LogP contribution >= 0.6 is 11.8 Å². The van der Waals surface area contributed by atoms with Crippen LogP contribution in [-0.2, 0) is 16.1 Å². The van der Waals surface area contributed by atoms with Gasteiger partial charge in [-0.15, -0.1) is 11.8 Å². The molecule has 170 valence electrons. The third-order valence-electron chi connectivity index (χ3n) is 5.70. The summed E-state index contributed by atoms with van der Waals surface area (Å²) in [7, 11) is 1.61. The summed E-state index contributed by atoms with van der Waals surface area (Å²) in [5.74, 6) is 1.68. The lowest BCUT2D eigenvalue weighted by molar-refractivity contribution is -0.113. The molecule has 5 rings (SSSR count). The van der Waals surface area contributed by atoms with E-state index >= 15 is 0 Å². The first kappa shape index (κ1) is 21.8. The lowest BCUT2D eigenvalue weighted by atomic mass is 10.0. The number of rotatable bonds is 6. The van der Waals surface area contributed by atoms with Crippen LogP contribution in [0.3, 0.4) is 0 Å². The molecule has 8 nitrogen and oxygen atoms in total.